The van der Waals surface area contributed by atoms with Crippen molar-refractivity contribution >= 4 is 17.5 Å². The third kappa shape index (κ3) is 1.65. The minimum absolute atomic E-state index is 0.618. The monoisotopic (exact) mass is 204 g/mol. The minimum Gasteiger partial charge on any atom is -0.492 e. The van der Waals surface area contributed by atoms with Gasteiger partial charge >= 0.3 is 0 Å². The average Bonchev–Trinajstić information content (AvgIpc) is 2.22. The number of nitrogen functional groups attached to an aromatic ring is 1. The van der Waals surface area contributed by atoms with Crippen LogP contribution in [0.3, 0.4) is 0 Å². The predicted molar refractivity (Wildman–Crippen MR) is 62.6 cm³/mol. The van der Waals surface area contributed by atoms with Gasteiger partial charge in [-0.05, 0) is 31.1 Å². The number of hydrogen-bond acceptors (Lipinski definition) is 3. The number of ether oxygens (including phenoxy) is 1. The molecule has 0 amide bonds. The maximum absolute atomic E-state index is 6.03. The van der Waals surface area contributed by atoms with Gasteiger partial charge in [-0.2, -0.15) is 0 Å². The maximum atomic E-state index is 6.03. The van der Waals surface area contributed by atoms with Gasteiger partial charge in [0.15, 0.2) is 0 Å². The summed E-state index contributed by atoms with van der Waals surface area (Å²) in [5.74, 6) is 0.731. The predicted octanol–water partition coefficient (Wildman–Crippen LogP) is 0.309. The SMILES string of the molecule is CCOc1ccc2c(c1N)=C(N)CCC=2. The van der Waals surface area contributed by atoms with Crippen LogP contribution in [-0.4, -0.2) is 6.61 Å². The van der Waals surface area contributed by atoms with Gasteiger partial charge in [-0.1, -0.05) is 12.1 Å². The first-order valence-corrected chi connectivity index (χ1v) is 5.24. The Balaban J connectivity index is 2.71. The Bertz CT molecular complexity index is 491. The zero-order valence-corrected chi connectivity index (χ0v) is 8.92. The smallest absolute Gasteiger partial charge is 0.142 e. The van der Waals surface area contributed by atoms with Gasteiger partial charge in [0.25, 0.3) is 0 Å². The van der Waals surface area contributed by atoms with Crippen molar-refractivity contribution in [2.45, 2.75) is 19.8 Å². The molecule has 15 heavy (non-hydrogen) atoms. The number of anilines is 1. The summed E-state index contributed by atoms with van der Waals surface area (Å²) in [5, 5.41) is 2.09. The van der Waals surface area contributed by atoms with E-state index in [4.69, 9.17) is 16.2 Å². The van der Waals surface area contributed by atoms with E-state index >= 15 is 0 Å². The Kier molecular flexibility index (Phi) is 2.54. The number of hydrogen-bond donors (Lipinski definition) is 2. The Morgan fingerprint density at radius 2 is 2.13 bits per heavy atom. The third-order valence-electron chi connectivity index (χ3n) is 2.64. The Morgan fingerprint density at radius 1 is 1.33 bits per heavy atom. The largest absolute Gasteiger partial charge is 0.492 e. The molecule has 0 bridgehead atoms. The summed E-state index contributed by atoms with van der Waals surface area (Å²) in [4.78, 5) is 0. The topological polar surface area (TPSA) is 61.3 Å². The van der Waals surface area contributed by atoms with E-state index in [1.54, 1.807) is 0 Å². The number of nitrogens with two attached hydrogens (primary N) is 2. The van der Waals surface area contributed by atoms with Crippen LogP contribution in [-0.2, 0) is 0 Å². The molecule has 2 rings (SSSR count). The highest BCUT2D eigenvalue weighted by Crippen LogP contribution is 2.16. The summed E-state index contributed by atoms with van der Waals surface area (Å²) in [6, 6.07) is 3.93. The van der Waals surface area contributed by atoms with E-state index in [0.29, 0.717) is 12.3 Å². The van der Waals surface area contributed by atoms with Gasteiger partial charge in [0.05, 0.1) is 12.3 Å². The van der Waals surface area contributed by atoms with Gasteiger partial charge in [0.2, 0.25) is 0 Å². The van der Waals surface area contributed by atoms with Crippen LogP contribution in [0.15, 0.2) is 12.1 Å². The highest BCUT2D eigenvalue weighted by Gasteiger charge is 2.07. The Hall–Kier alpha value is -1.64. The van der Waals surface area contributed by atoms with Crippen molar-refractivity contribution in [1.82, 2.24) is 0 Å². The van der Waals surface area contributed by atoms with Crippen LogP contribution in [0.1, 0.15) is 19.8 Å². The van der Waals surface area contributed by atoms with Crippen LogP contribution in [0, 0.1) is 0 Å². The molecular weight excluding hydrogens is 188 g/mol. The molecule has 1 aliphatic rings. The van der Waals surface area contributed by atoms with Crippen LogP contribution in [0.4, 0.5) is 5.69 Å². The summed E-state index contributed by atoms with van der Waals surface area (Å²) in [7, 11) is 0. The molecule has 3 heteroatoms. The van der Waals surface area contributed by atoms with E-state index in [1.165, 1.54) is 0 Å². The number of benzene rings is 1. The van der Waals surface area contributed by atoms with Crippen molar-refractivity contribution in [3.8, 4) is 5.75 Å². The Morgan fingerprint density at radius 3 is 2.87 bits per heavy atom. The van der Waals surface area contributed by atoms with E-state index in [0.717, 1.165) is 34.7 Å². The third-order valence-corrected chi connectivity index (χ3v) is 2.64. The van der Waals surface area contributed by atoms with E-state index < -0.39 is 0 Å². The molecule has 80 valence electrons. The van der Waals surface area contributed by atoms with Gasteiger partial charge in [-0.3, -0.25) is 0 Å². The lowest BCUT2D eigenvalue weighted by Crippen LogP contribution is -2.35. The zero-order valence-electron chi connectivity index (χ0n) is 8.92. The molecule has 4 N–H and O–H groups in total. The molecule has 0 aromatic heterocycles. The van der Waals surface area contributed by atoms with Crippen molar-refractivity contribution in [2.24, 2.45) is 5.73 Å². The summed E-state index contributed by atoms with van der Waals surface area (Å²) in [6.07, 6.45) is 4.04. The molecule has 0 saturated heterocycles. The van der Waals surface area contributed by atoms with Gasteiger partial charge < -0.3 is 16.2 Å². The summed E-state index contributed by atoms with van der Waals surface area (Å²) >= 11 is 0. The lowest BCUT2D eigenvalue weighted by Gasteiger charge is -2.12. The van der Waals surface area contributed by atoms with Crippen molar-refractivity contribution < 1.29 is 4.74 Å². The fourth-order valence-electron chi connectivity index (χ4n) is 1.94. The first-order chi connectivity index (χ1) is 7.24. The fraction of sp³-hybridized carbons (Fsp3) is 0.333. The molecule has 0 fully saturated rings. The summed E-state index contributed by atoms with van der Waals surface area (Å²) < 4.78 is 5.44. The molecule has 0 heterocycles. The van der Waals surface area contributed by atoms with E-state index in [9.17, 15) is 0 Å². The summed E-state index contributed by atoms with van der Waals surface area (Å²) in [5.41, 5.74) is 13.5. The second kappa shape index (κ2) is 3.85. The molecule has 0 atom stereocenters. The van der Waals surface area contributed by atoms with Gasteiger partial charge in [0.1, 0.15) is 5.75 Å². The van der Waals surface area contributed by atoms with E-state index in [1.807, 2.05) is 19.1 Å². The molecule has 0 spiro atoms. The maximum Gasteiger partial charge on any atom is 0.142 e. The molecule has 1 aromatic carbocycles. The highest BCUT2D eigenvalue weighted by molar-refractivity contribution is 5.63. The first-order valence-electron chi connectivity index (χ1n) is 5.24. The highest BCUT2D eigenvalue weighted by atomic mass is 16.5. The lowest BCUT2D eigenvalue weighted by atomic mass is 10.0. The van der Waals surface area contributed by atoms with Crippen LogP contribution in [0.2, 0.25) is 0 Å². The van der Waals surface area contributed by atoms with Crippen LogP contribution in [0.5, 0.6) is 5.75 Å². The average molecular weight is 204 g/mol. The van der Waals surface area contributed by atoms with E-state index in [2.05, 4.69) is 6.08 Å². The summed E-state index contributed by atoms with van der Waals surface area (Å²) in [6.45, 7) is 2.56. The van der Waals surface area contributed by atoms with Crippen molar-refractivity contribution in [3.05, 3.63) is 22.6 Å². The fourth-order valence-corrected chi connectivity index (χ4v) is 1.94. The van der Waals surface area contributed by atoms with Crippen LogP contribution < -0.4 is 26.6 Å². The number of rotatable bonds is 2. The molecule has 0 unspecified atom stereocenters. The molecule has 3 nitrogen and oxygen atoms in total. The minimum atomic E-state index is 0.618. The standard InChI is InChI=1S/C12H16N2O/c1-2-15-10-7-6-8-4-3-5-9(13)11(8)12(10)14/h4,6-7H,2-3,5,13-14H2,1H3. The van der Waals surface area contributed by atoms with Crippen LogP contribution >= 0.6 is 0 Å². The van der Waals surface area contributed by atoms with Crippen molar-refractivity contribution in [3.63, 3.8) is 0 Å². The molecule has 0 radical (unpaired) electrons. The Labute approximate surface area is 89.0 Å². The molecule has 0 saturated carbocycles. The molecule has 0 aliphatic heterocycles. The zero-order chi connectivity index (χ0) is 10.8. The molecule has 1 aliphatic carbocycles. The lowest BCUT2D eigenvalue weighted by molar-refractivity contribution is 0.342. The second-order valence-electron chi connectivity index (χ2n) is 3.64. The van der Waals surface area contributed by atoms with E-state index in [-0.39, 0.29) is 0 Å². The van der Waals surface area contributed by atoms with Gasteiger partial charge in [0, 0.05) is 10.9 Å². The van der Waals surface area contributed by atoms with Crippen LogP contribution in [0.25, 0.3) is 11.8 Å². The van der Waals surface area contributed by atoms with Crippen molar-refractivity contribution in [1.29, 1.82) is 0 Å². The van der Waals surface area contributed by atoms with Gasteiger partial charge in [-0.15, -0.1) is 0 Å². The normalized spacial score (nSPS) is 14.3. The number of fused-ring (bicyclic) bond motifs is 1. The van der Waals surface area contributed by atoms with Gasteiger partial charge in [-0.25, -0.2) is 0 Å². The van der Waals surface area contributed by atoms with Crippen molar-refractivity contribution in [2.75, 3.05) is 12.3 Å². The second-order valence-corrected chi connectivity index (χ2v) is 3.64. The first kappa shape index (κ1) is 9.90. The quantitative estimate of drug-likeness (QED) is 0.681. The molecular formula is C12H16N2O. The molecule has 1 aromatic rings.